The van der Waals surface area contributed by atoms with Crippen LogP contribution in [0.1, 0.15) is 27.0 Å². The average molecular weight is 360 g/mol. The molecular formula is C18H24N4O2S. The van der Waals surface area contributed by atoms with E-state index in [1.54, 1.807) is 12.4 Å². The van der Waals surface area contributed by atoms with E-state index < -0.39 is 0 Å². The van der Waals surface area contributed by atoms with Crippen LogP contribution in [-0.2, 0) is 17.7 Å². The van der Waals surface area contributed by atoms with Gasteiger partial charge in [-0.25, -0.2) is 0 Å². The van der Waals surface area contributed by atoms with Gasteiger partial charge in [-0.3, -0.25) is 14.8 Å². The van der Waals surface area contributed by atoms with Gasteiger partial charge in [0.2, 0.25) is 0 Å². The normalized spacial score (nSPS) is 24.3. The maximum atomic E-state index is 12.8. The fourth-order valence-electron chi connectivity index (χ4n) is 3.74. The number of amides is 1. The molecule has 7 heteroatoms. The third-order valence-electron chi connectivity index (χ3n) is 5.04. The number of nitrogens with one attached hydrogen (secondary N) is 1. The maximum absolute atomic E-state index is 12.8. The maximum Gasteiger partial charge on any atom is 0.257 e. The number of hydrogen-bond acceptors (Lipinski definition) is 5. The molecule has 2 atom stereocenters. The highest BCUT2D eigenvalue weighted by atomic mass is 32.1. The van der Waals surface area contributed by atoms with Gasteiger partial charge in [0.05, 0.1) is 31.0 Å². The van der Waals surface area contributed by atoms with Crippen LogP contribution in [0.2, 0.25) is 0 Å². The van der Waals surface area contributed by atoms with Crippen molar-refractivity contribution in [1.29, 1.82) is 0 Å². The van der Waals surface area contributed by atoms with E-state index in [1.807, 2.05) is 16.2 Å². The Hall–Kier alpha value is -1.70. The highest BCUT2D eigenvalue weighted by molar-refractivity contribution is 7.11. The second-order valence-electron chi connectivity index (χ2n) is 6.91. The Labute approximate surface area is 151 Å². The number of H-pyrrole nitrogens is 1. The summed E-state index contributed by atoms with van der Waals surface area (Å²) in [6.45, 7) is 7.02. The third kappa shape index (κ3) is 3.63. The molecule has 6 nitrogen and oxygen atoms in total. The van der Waals surface area contributed by atoms with Gasteiger partial charge in [-0.15, -0.1) is 11.3 Å². The minimum atomic E-state index is 0.0666. The Morgan fingerprint density at radius 3 is 2.96 bits per heavy atom. The Morgan fingerprint density at radius 2 is 2.20 bits per heavy atom. The molecule has 1 N–H and O–H groups in total. The summed E-state index contributed by atoms with van der Waals surface area (Å²) < 4.78 is 5.88. The molecule has 0 aromatic carbocycles. The fourth-order valence-corrected chi connectivity index (χ4v) is 4.72. The van der Waals surface area contributed by atoms with E-state index in [1.165, 1.54) is 9.75 Å². The van der Waals surface area contributed by atoms with Gasteiger partial charge in [0, 0.05) is 48.0 Å². The summed E-state index contributed by atoms with van der Waals surface area (Å²) in [7, 11) is 0. The van der Waals surface area contributed by atoms with Crippen LogP contribution in [0, 0.1) is 5.92 Å². The SMILES string of the molecule is CCc1ccc(CN2C[C@H]3COC[C@@H]2CN(C(=O)c2cn[nH]c2)C3)s1. The molecule has 2 aliphatic heterocycles. The number of carbonyl (C=O) groups is 1. The lowest BCUT2D eigenvalue weighted by molar-refractivity contribution is 0.0407. The summed E-state index contributed by atoms with van der Waals surface area (Å²) in [4.78, 5) is 20.1. The highest BCUT2D eigenvalue weighted by Crippen LogP contribution is 2.25. The molecule has 2 aliphatic rings. The van der Waals surface area contributed by atoms with Crippen molar-refractivity contribution in [2.24, 2.45) is 5.92 Å². The molecule has 0 saturated carbocycles. The number of carbonyl (C=O) groups excluding carboxylic acids is 1. The summed E-state index contributed by atoms with van der Waals surface area (Å²) in [5.74, 6) is 0.422. The van der Waals surface area contributed by atoms with Crippen molar-refractivity contribution in [3.8, 4) is 0 Å². The smallest absolute Gasteiger partial charge is 0.257 e. The molecule has 0 unspecified atom stereocenters. The topological polar surface area (TPSA) is 61.5 Å². The first-order valence-corrected chi connectivity index (χ1v) is 9.72. The van der Waals surface area contributed by atoms with E-state index >= 15 is 0 Å². The molecule has 2 aromatic rings. The van der Waals surface area contributed by atoms with E-state index in [0.717, 1.165) is 32.7 Å². The minimum absolute atomic E-state index is 0.0666. The van der Waals surface area contributed by atoms with Crippen molar-refractivity contribution < 1.29 is 9.53 Å². The molecule has 1 amide bonds. The van der Waals surface area contributed by atoms with Crippen molar-refractivity contribution in [2.75, 3.05) is 32.8 Å². The van der Waals surface area contributed by atoms with Crippen LogP contribution in [0.15, 0.2) is 24.5 Å². The zero-order chi connectivity index (χ0) is 17.2. The van der Waals surface area contributed by atoms with Crippen LogP contribution < -0.4 is 0 Å². The molecule has 2 fully saturated rings. The number of rotatable bonds is 4. The highest BCUT2D eigenvalue weighted by Gasteiger charge is 2.35. The molecule has 2 bridgehead atoms. The van der Waals surface area contributed by atoms with E-state index in [0.29, 0.717) is 24.6 Å². The van der Waals surface area contributed by atoms with Gasteiger partial charge in [-0.1, -0.05) is 6.92 Å². The molecule has 0 spiro atoms. The van der Waals surface area contributed by atoms with Crippen molar-refractivity contribution in [1.82, 2.24) is 20.0 Å². The van der Waals surface area contributed by atoms with Crippen LogP contribution in [0.3, 0.4) is 0 Å². The second-order valence-corrected chi connectivity index (χ2v) is 8.16. The van der Waals surface area contributed by atoms with Gasteiger partial charge in [-0.2, -0.15) is 5.10 Å². The lowest BCUT2D eigenvalue weighted by Gasteiger charge is -2.31. The lowest BCUT2D eigenvalue weighted by Crippen LogP contribution is -2.45. The van der Waals surface area contributed by atoms with E-state index in [4.69, 9.17) is 4.74 Å². The Balaban J connectivity index is 1.50. The molecule has 25 heavy (non-hydrogen) atoms. The number of thiophene rings is 1. The van der Waals surface area contributed by atoms with Crippen LogP contribution >= 0.6 is 11.3 Å². The van der Waals surface area contributed by atoms with E-state index in [9.17, 15) is 4.79 Å². The average Bonchev–Trinajstić information content (AvgIpc) is 3.21. The summed E-state index contributed by atoms with van der Waals surface area (Å²) in [5, 5.41) is 6.64. The summed E-state index contributed by atoms with van der Waals surface area (Å²) in [5.41, 5.74) is 0.637. The van der Waals surface area contributed by atoms with Crippen molar-refractivity contribution in [2.45, 2.75) is 25.9 Å². The standard InChI is InChI=1S/C18H24N4O2S/c1-2-16-3-4-17(25-16)10-21-7-13-8-22(9-15(21)12-24-11-13)18(23)14-5-19-20-6-14/h3-6,13,15H,2,7-12H2,1H3,(H,19,20)/t13-,15+/m1/s1. The second kappa shape index (κ2) is 7.27. The quantitative estimate of drug-likeness (QED) is 0.906. The first kappa shape index (κ1) is 16.8. The number of ether oxygens (including phenoxy) is 1. The lowest BCUT2D eigenvalue weighted by atomic mass is 10.1. The fraction of sp³-hybridized carbons (Fsp3) is 0.556. The first-order chi connectivity index (χ1) is 12.2. The van der Waals surface area contributed by atoms with Gasteiger partial charge in [0.15, 0.2) is 0 Å². The van der Waals surface area contributed by atoms with Gasteiger partial charge in [-0.05, 0) is 18.6 Å². The van der Waals surface area contributed by atoms with Crippen molar-refractivity contribution in [3.63, 3.8) is 0 Å². The van der Waals surface area contributed by atoms with Crippen LogP contribution in [0.4, 0.5) is 0 Å². The summed E-state index contributed by atoms with van der Waals surface area (Å²) in [6.07, 6.45) is 4.37. The minimum Gasteiger partial charge on any atom is -0.379 e. The van der Waals surface area contributed by atoms with Crippen molar-refractivity contribution >= 4 is 17.2 Å². The molecule has 2 saturated heterocycles. The molecule has 0 radical (unpaired) electrons. The number of nitrogens with zero attached hydrogens (tertiary/aromatic N) is 3. The molecule has 134 valence electrons. The van der Waals surface area contributed by atoms with Crippen LogP contribution in [0.25, 0.3) is 0 Å². The Morgan fingerprint density at radius 1 is 1.32 bits per heavy atom. The van der Waals surface area contributed by atoms with Crippen LogP contribution in [0.5, 0.6) is 0 Å². The zero-order valence-electron chi connectivity index (χ0n) is 14.5. The number of aromatic amines is 1. The monoisotopic (exact) mass is 360 g/mol. The molecule has 2 aromatic heterocycles. The number of fused-ring (bicyclic) bond motifs is 3. The predicted molar refractivity (Wildman–Crippen MR) is 96.7 cm³/mol. The molecular weight excluding hydrogens is 336 g/mol. The predicted octanol–water partition coefficient (Wildman–Crippen LogP) is 2.01. The zero-order valence-corrected chi connectivity index (χ0v) is 15.3. The van der Waals surface area contributed by atoms with Crippen molar-refractivity contribution in [3.05, 3.63) is 39.8 Å². The molecule has 0 aliphatic carbocycles. The number of aromatic nitrogens is 2. The van der Waals surface area contributed by atoms with Gasteiger partial charge in [0.1, 0.15) is 0 Å². The molecule has 4 heterocycles. The number of aryl methyl sites for hydroxylation is 1. The van der Waals surface area contributed by atoms with Crippen LogP contribution in [-0.4, -0.2) is 64.8 Å². The third-order valence-corrected chi connectivity index (χ3v) is 6.25. The Bertz CT molecular complexity index is 714. The van der Waals surface area contributed by atoms with Gasteiger partial charge >= 0.3 is 0 Å². The van der Waals surface area contributed by atoms with Gasteiger partial charge in [0.25, 0.3) is 5.91 Å². The largest absolute Gasteiger partial charge is 0.379 e. The van der Waals surface area contributed by atoms with E-state index in [2.05, 4.69) is 34.2 Å². The van der Waals surface area contributed by atoms with Gasteiger partial charge < -0.3 is 9.64 Å². The molecule has 4 rings (SSSR count). The Kier molecular flexibility index (Phi) is 4.87. The van der Waals surface area contributed by atoms with E-state index in [-0.39, 0.29) is 11.9 Å². The summed E-state index contributed by atoms with van der Waals surface area (Å²) >= 11 is 1.90. The first-order valence-electron chi connectivity index (χ1n) is 8.90. The number of hydrogen-bond donors (Lipinski definition) is 1. The summed E-state index contributed by atoms with van der Waals surface area (Å²) in [6, 6.07) is 4.72.